The molecule has 10 heteroatoms. The molecule has 0 unspecified atom stereocenters. The molecule has 5 atom stereocenters. The fourth-order valence-electron chi connectivity index (χ4n) is 6.35. The Kier molecular flexibility index (Phi) is 13.1. The largest absolute Gasteiger partial charge is 0.511 e. The predicted molar refractivity (Wildman–Crippen MR) is 187 cm³/mol. The van der Waals surface area contributed by atoms with Crippen LogP contribution in [0.2, 0.25) is 0 Å². The number of aliphatic imine (C=N–C) groups is 1. The summed E-state index contributed by atoms with van der Waals surface area (Å²) in [5.41, 5.74) is 2.60. The molecular weight excluding hydrogens is 638 g/mol. The third-order valence-corrected chi connectivity index (χ3v) is 8.83. The summed E-state index contributed by atoms with van der Waals surface area (Å²) in [5, 5.41) is 32.5. The average Bonchev–Trinajstić information content (AvgIpc) is 3.08. The number of aliphatic hydroxyl groups excluding tert-OH is 2. The SMILES string of the molecule is CC1(C)CC(=O)C(C(CCCC(=O)O)=N[C@H]2[C@H](OCc3ccccc3)O[C@H](COCc3ccccc3)[C@@H](O)[C@@H]2OCc2ccccc2)=C(O)C1. The van der Waals surface area contributed by atoms with Gasteiger partial charge < -0.3 is 34.3 Å². The number of ether oxygens (including phenoxy) is 4. The van der Waals surface area contributed by atoms with Crippen LogP contribution < -0.4 is 0 Å². The Morgan fingerprint density at radius 3 is 1.96 bits per heavy atom. The van der Waals surface area contributed by atoms with Gasteiger partial charge in [-0.1, -0.05) is 105 Å². The summed E-state index contributed by atoms with van der Waals surface area (Å²) in [6.07, 6.45) is -3.53. The van der Waals surface area contributed by atoms with Crippen molar-refractivity contribution in [3.05, 3.63) is 119 Å². The van der Waals surface area contributed by atoms with Gasteiger partial charge in [-0.2, -0.15) is 0 Å². The molecule has 3 aromatic carbocycles. The van der Waals surface area contributed by atoms with Gasteiger partial charge in [0.2, 0.25) is 0 Å². The second kappa shape index (κ2) is 17.6. The molecule has 1 aliphatic heterocycles. The first-order valence-electron chi connectivity index (χ1n) is 17.1. The lowest BCUT2D eigenvalue weighted by atomic mass is 9.75. The number of Topliss-reactive ketones (excluding diaryl/α,β-unsaturated/α-hetero) is 1. The molecule has 0 amide bonds. The molecule has 50 heavy (non-hydrogen) atoms. The number of ketones is 1. The van der Waals surface area contributed by atoms with E-state index in [9.17, 15) is 24.9 Å². The van der Waals surface area contributed by atoms with Gasteiger partial charge in [0.25, 0.3) is 0 Å². The van der Waals surface area contributed by atoms with E-state index < -0.39 is 42.0 Å². The number of rotatable bonds is 16. The fraction of sp³-hybridized carbons (Fsp3) is 0.425. The van der Waals surface area contributed by atoms with E-state index in [1.165, 1.54) is 0 Å². The summed E-state index contributed by atoms with van der Waals surface area (Å²) in [6, 6.07) is 27.7. The fourth-order valence-corrected chi connectivity index (χ4v) is 6.35. The standard InChI is InChI=1S/C40H47NO9/c1-40(2)21-31(42)35(32(43)22-40)30(19-12-20-34(44)45)41-36-38(48-24-28-15-8-4-9-16-28)37(46)33(26-47-23-27-13-6-3-7-14-27)50-39(36)49-25-29-17-10-5-11-18-29/h3-11,13-18,33,36-39,42,46H,12,19-26H2,1-2H3,(H,44,45)/t33-,36-,37-,38-,39-/m1/s1. The minimum Gasteiger partial charge on any atom is -0.511 e. The highest BCUT2D eigenvalue weighted by atomic mass is 16.7. The van der Waals surface area contributed by atoms with E-state index in [1.54, 1.807) is 0 Å². The highest BCUT2D eigenvalue weighted by Gasteiger charge is 2.48. The van der Waals surface area contributed by atoms with Crippen LogP contribution in [0.25, 0.3) is 0 Å². The quantitative estimate of drug-likeness (QED) is 0.147. The Morgan fingerprint density at radius 2 is 1.40 bits per heavy atom. The van der Waals surface area contributed by atoms with Gasteiger partial charge in [-0.15, -0.1) is 0 Å². The van der Waals surface area contributed by atoms with Gasteiger partial charge in [0.05, 0.1) is 32.0 Å². The summed E-state index contributed by atoms with van der Waals surface area (Å²) in [5.74, 6) is -1.35. The number of carbonyl (C=O) groups excluding carboxylic acids is 1. The lowest BCUT2D eigenvalue weighted by Gasteiger charge is -2.43. The maximum Gasteiger partial charge on any atom is 0.303 e. The molecule has 1 heterocycles. The number of carboxylic acids is 1. The van der Waals surface area contributed by atoms with Crippen LogP contribution in [0, 0.1) is 5.41 Å². The molecule has 1 aliphatic carbocycles. The van der Waals surface area contributed by atoms with Crippen molar-refractivity contribution in [3.63, 3.8) is 0 Å². The highest BCUT2D eigenvalue weighted by molar-refractivity contribution is 6.23. The van der Waals surface area contributed by atoms with Crippen LogP contribution in [0.1, 0.15) is 62.6 Å². The van der Waals surface area contributed by atoms with Gasteiger partial charge in [-0.3, -0.25) is 14.6 Å². The second-order valence-electron chi connectivity index (χ2n) is 13.7. The number of hydrogen-bond acceptors (Lipinski definition) is 9. The number of aliphatic hydroxyl groups is 2. The number of allylic oxidation sites excluding steroid dienone is 2. The third-order valence-electron chi connectivity index (χ3n) is 8.83. The minimum absolute atomic E-state index is 0.0356. The zero-order chi connectivity index (χ0) is 35.5. The van der Waals surface area contributed by atoms with E-state index in [0.29, 0.717) is 6.61 Å². The Hall–Kier alpha value is -4.19. The van der Waals surface area contributed by atoms with Gasteiger partial charge >= 0.3 is 5.97 Å². The molecule has 5 rings (SSSR count). The number of carbonyl (C=O) groups is 2. The van der Waals surface area contributed by atoms with Crippen molar-refractivity contribution in [2.75, 3.05) is 6.61 Å². The lowest BCUT2D eigenvalue weighted by Crippen LogP contribution is -2.59. The predicted octanol–water partition coefficient (Wildman–Crippen LogP) is 6.36. The van der Waals surface area contributed by atoms with Crippen LogP contribution in [0.15, 0.2) is 107 Å². The maximum atomic E-state index is 13.6. The van der Waals surface area contributed by atoms with E-state index in [2.05, 4.69) is 0 Å². The second-order valence-corrected chi connectivity index (χ2v) is 13.7. The zero-order valence-corrected chi connectivity index (χ0v) is 28.6. The van der Waals surface area contributed by atoms with Gasteiger partial charge in [-0.25, -0.2) is 0 Å². The van der Waals surface area contributed by atoms with Crippen LogP contribution in [-0.4, -0.2) is 70.0 Å². The lowest BCUT2D eigenvalue weighted by molar-refractivity contribution is -0.279. The van der Waals surface area contributed by atoms with E-state index in [1.807, 2.05) is 105 Å². The molecule has 10 nitrogen and oxygen atoms in total. The molecule has 0 saturated carbocycles. The first kappa shape index (κ1) is 37.1. The monoisotopic (exact) mass is 685 g/mol. The van der Waals surface area contributed by atoms with E-state index in [4.69, 9.17) is 23.9 Å². The summed E-state index contributed by atoms with van der Waals surface area (Å²) in [4.78, 5) is 30.1. The summed E-state index contributed by atoms with van der Waals surface area (Å²) >= 11 is 0. The zero-order valence-electron chi connectivity index (χ0n) is 28.6. The molecule has 1 fully saturated rings. The molecular formula is C40H47NO9. The first-order chi connectivity index (χ1) is 24.1. The average molecular weight is 686 g/mol. The molecule has 3 aromatic rings. The number of benzene rings is 3. The van der Waals surface area contributed by atoms with Crippen molar-refractivity contribution >= 4 is 17.5 Å². The minimum atomic E-state index is -1.22. The van der Waals surface area contributed by atoms with Crippen molar-refractivity contribution < 1.29 is 43.9 Å². The molecule has 0 radical (unpaired) electrons. The number of hydrogen-bond donors (Lipinski definition) is 3. The van der Waals surface area contributed by atoms with E-state index in [0.717, 1.165) is 16.7 Å². The van der Waals surface area contributed by atoms with E-state index >= 15 is 0 Å². The van der Waals surface area contributed by atoms with Crippen molar-refractivity contribution in [2.24, 2.45) is 10.4 Å². The Balaban J connectivity index is 1.52. The molecule has 0 aromatic heterocycles. The van der Waals surface area contributed by atoms with Crippen molar-refractivity contribution in [2.45, 2.75) is 96.4 Å². The van der Waals surface area contributed by atoms with Crippen LogP contribution in [0.3, 0.4) is 0 Å². The molecule has 266 valence electrons. The van der Waals surface area contributed by atoms with Gasteiger partial charge in [0, 0.05) is 25.0 Å². The number of nitrogens with zero attached hydrogens (tertiary/aromatic N) is 1. The van der Waals surface area contributed by atoms with Crippen LogP contribution in [-0.2, 0) is 48.4 Å². The highest BCUT2D eigenvalue weighted by Crippen LogP contribution is 2.38. The van der Waals surface area contributed by atoms with Crippen LogP contribution in [0.4, 0.5) is 0 Å². The molecule has 3 N–H and O–H groups in total. The summed E-state index contributed by atoms with van der Waals surface area (Å²) in [6.45, 7) is 4.46. The van der Waals surface area contributed by atoms with Crippen molar-refractivity contribution in [1.82, 2.24) is 0 Å². The van der Waals surface area contributed by atoms with Gasteiger partial charge in [0.1, 0.15) is 30.1 Å². The topological polar surface area (TPSA) is 144 Å². The van der Waals surface area contributed by atoms with Gasteiger partial charge in [0.15, 0.2) is 12.1 Å². The Morgan fingerprint density at radius 1 is 0.840 bits per heavy atom. The molecule has 0 spiro atoms. The number of carboxylic acid groups (broad SMARTS) is 1. The maximum absolute atomic E-state index is 13.6. The Bertz CT molecular complexity index is 1610. The normalized spacial score (nSPS) is 23.9. The summed E-state index contributed by atoms with van der Waals surface area (Å²) < 4.78 is 25.3. The van der Waals surface area contributed by atoms with Crippen LogP contribution >= 0.6 is 0 Å². The van der Waals surface area contributed by atoms with Crippen molar-refractivity contribution in [1.29, 1.82) is 0 Å². The summed E-state index contributed by atoms with van der Waals surface area (Å²) in [7, 11) is 0. The van der Waals surface area contributed by atoms with Crippen molar-refractivity contribution in [3.8, 4) is 0 Å². The number of aliphatic carboxylic acids is 1. The molecule has 0 bridgehead atoms. The Labute approximate surface area is 293 Å². The third kappa shape index (κ3) is 10.4. The first-order valence-corrected chi connectivity index (χ1v) is 17.1. The smallest absolute Gasteiger partial charge is 0.303 e. The molecule has 1 saturated heterocycles. The van der Waals surface area contributed by atoms with E-state index in [-0.39, 0.29) is 74.8 Å². The van der Waals surface area contributed by atoms with Crippen LogP contribution in [0.5, 0.6) is 0 Å². The van der Waals surface area contributed by atoms with Gasteiger partial charge in [-0.05, 0) is 34.9 Å². The molecule has 2 aliphatic rings.